The van der Waals surface area contributed by atoms with E-state index in [2.05, 4.69) is 35.5 Å². The molecule has 0 saturated carbocycles. The molecule has 0 bridgehead atoms. The van der Waals surface area contributed by atoms with Gasteiger partial charge in [-0.1, -0.05) is 48.7 Å². The molecule has 0 aliphatic carbocycles. The summed E-state index contributed by atoms with van der Waals surface area (Å²) in [5, 5.41) is 6.78. The van der Waals surface area contributed by atoms with E-state index in [1.807, 2.05) is 0 Å². The van der Waals surface area contributed by atoms with Crippen LogP contribution in [0.5, 0.6) is 0 Å². The number of aromatic nitrogens is 3. The lowest BCUT2D eigenvalue weighted by Gasteiger charge is -2.08. The molecular weight excluding hydrogens is 387 g/mol. The highest BCUT2D eigenvalue weighted by Crippen LogP contribution is 2.33. The number of halogens is 3. The van der Waals surface area contributed by atoms with Crippen LogP contribution in [0.1, 0.15) is 0 Å². The number of sulfonamides is 1. The molecule has 0 amide bonds. The minimum absolute atomic E-state index is 0.000602. The van der Waals surface area contributed by atoms with Crippen molar-refractivity contribution in [3.63, 3.8) is 0 Å². The Morgan fingerprint density at radius 2 is 1.89 bits per heavy atom. The Hall–Kier alpha value is -0.480. The van der Waals surface area contributed by atoms with E-state index >= 15 is 0 Å². The molecule has 18 heavy (non-hydrogen) atoms. The van der Waals surface area contributed by atoms with Crippen LogP contribution in [-0.4, -0.2) is 23.2 Å². The van der Waals surface area contributed by atoms with Crippen molar-refractivity contribution in [2.75, 3.05) is 4.72 Å². The maximum Gasteiger partial charge on any atom is 0.266 e. The summed E-state index contributed by atoms with van der Waals surface area (Å²) in [5.74, 6) is 0. The second kappa shape index (κ2) is 5.25. The average Bonchev–Trinajstić information content (AvgIpc) is 2.66. The van der Waals surface area contributed by atoms with Gasteiger partial charge in [0.15, 0.2) is 0 Å². The van der Waals surface area contributed by atoms with Crippen LogP contribution in [0.2, 0.25) is 10.0 Å². The summed E-state index contributed by atoms with van der Waals surface area (Å²) in [7, 11) is -3.93. The summed E-state index contributed by atoms with van der Waals surface area (Å²) in [6.07, 6.45) is 0. The molecule has 1 N–H and O–H groups in total. The first kappa shape index (κ1) is 13.9. The monoisotopic (exact) mass is 388 g/mol. The van der Waals surface area contributed by atoms with Crippen molar-refractivity contribution in [2.45, 2.75) is 4.90 Å². The van der Waals surface area contributed by atoms with E-state index in [9.17, 15) is 8.42 Å². The summed E-state index contributed by atoms with van der Waals surface area (Å²) < 4.78 is 30.3. The third kappa shape index (κ3) is 2.91. The Morgan fingerprint density at radius 3 is 2.39 bits per heavy atom. The van der Waals surface area contributed by atoms with Crippen LogP contribution in [-0.2, 0) is 10.0 Å². The van der Waals surface area contributed by atoms with Crippen LogP contribution in [0.3, 0.4) is 0 Å². The molecule has 2 rings (SSSR count). The van der Waals surface area contributed by atoms with E-state index in [1.54, 1.807) is 0 Å². The Balaban J connectivity index is 2.48. The van der Waals surface area contributed by atoms with E-state index in [0.29, 0.717) is 4.47 Å². The summed E-state index contributed by atoms with van der Waals surface area (Å²) in [6, 6.07) is 2.86. The van der Waals surface area contributed by atoms with Gasteiger partial charge < -0.3 is 0 Å². The molecule has 0 aliphatic heterocycles. The molecule has 0 radical (unpaired) electrons. The molecule has 0 atom stereocenters. The molecule has 0 unspecified atom stereocenters. The van der Waals surface area contributed by atoms with Crippen molar-refractivity contribution < 1.29 is 8.42 Å². The minimum Gasteiger partial charge on any atom is -0.252 e. The van der Waals surface area contributed by atoms with Gasteiger partial charge in [0.1, 0.15) is 4.90 Å². The van der Waals surface area contributed by atoms with Crippen LogP contribution in [0.15, 0.2) is 21.5 Å². The predicted molar refractivity (Wildman–Crippen MR) is 72.7 cm³/mol. The summed E-state index contributed by atoms with van der Waals surface area (Å²) in [4.78, 5) is -0.218. The molecule has 0 spiro atoms. The normalized spacial score (nSPS) is 11.5. The predicted octanol–water partition coefficient (Wildman–Crippen LogP) is 2.80. The SMILES string of the molecule is O=S(=O)(Nc1nnns1)c1c(Cl)cc(Br)cc1Cl. The fraction of sp³-hybridized carbons (Fsp3) is 0. The average molecular weight is 390 g/mol. The quantitative estimate of drug-likeness (QED) is 0.872. The van der Waals surface area contributed by atoms with Crippen LogP contribution in [0.4, 0.5) is 5.13 Å². The molecule has 1 aromatic heterocycles. The molecule has 2 aromatic rings. The molecule has 1 heterocycles. The number of hydrogen-bond acceptors (Lipinski definition) is 6. The first-order chi connectivity index (χ1) is 8.40. The second-order valence-electron chi connectivity index (χ2n) is 2.97. The Kier molecular flexibility index (Phi) is 4.07. The number of hydrogen-bond donors (Lipinski definition) is 1. The van der Waals surface area contributed by atoms with Gasteiger partial charge in [-0.15, -0.1) is 0 Å². The number of rotatable bonds is 3. The van der Waals surface area contributed by atoms with Crippen LogP contribution < -0.4 is 4.72 Å². The number of nitrogens with zero attached hydrogens (tertiary/aromatic N) is 3. The van der Waals surface area contributed by atoms with Crippen molar-refractivity contribution >= 4 is 65.8 Å². The Labute approximate surface area is 125 Å². The molecule has 1 aromatic carbocycles. The van der Waals surface area contributed by atoms with Gasteiger partial charge in [0, 0.05) is 16.0 Å². The van der Waals surface area contributed by atoms with E-state index in [4.69, 9.17) is 23.2 Å². The molecule has 6 nitrogen and oxygen atoms in total. The lowest BCUT2D eigenvalue weighted by molar-refractivity contribution is 0.601. The van der Waals surface area contributed by atoms with Gasteiger partial charge in [-0.3, -0.25) is 4.72 Å². The van der Waals surface area contributed by atoms with Gasteiger partial charge in [0.2, 0.25) is 5.13 Å². The van der Waals surface area contributed by atoms with Gasteiger partial charge in [-0.25, -0.2) is 8.42 Å². The van der Waals surface area contributed by atoms with E-state index < -0.39 is 10.0 Å². The fourth-order valence-corrected chi connectivity index (χ4v) is 4.65. The van der Waals surface area contributed by atoms with E-state index in [0.717, 1.165) is 11.5 Å². The molecule has 0 fully saturated rings. The van der Waals surface area contributed by atoms with Crippen LogP contribution in [0, 0.1) is 0 Å². The van der Waals surface area contributed by atoms with Crippen LogP contribution in [0.25, 0.3) is 0 Å². The third-order valence-electron chi connectivity index (χ3n) is 1.75. The smallest absolute Gasteiger partial charge is 0.252 e. The second-order valence-corrected chi connectivity index (χ2v) is 7.05. The zero-order valence-corrected chi connectivity index (χ0v) is 13.0. The molecule has 0 saturated heterocycles. The summed E-state index contributed by atoms with van der Waals surface area (Å²) >= 11 is 15.7. The van der Waals surface area contributed by atoms with Crippen molar-refractivity contribution in [2.24, 2.45) is 0 Å². The highest BCUT2D eigenvalue weighted by atomic mass is 79.9. The lowest BCUT2D eigenvalue weighted by atomic mass is 10.4. The highest BCUT2D eigenvalue weighted by molar-refractivity contribution is 9.10. The van der Waals surface area contributed by atoms with Crippen LogP contribution >= 0.6 is 50.7 Å². The molecule has 0 aliphatic rings. The van der Waals surface area contributed by atoms with Crippen molar-refractivity contribution in [3.8, 4) is 0 Å². The fourth-order valence-electron chi connectivity index (χ4n) is 1.12. The van der Waals surface area contributed by atoms with E-state index in [-0.39, 0.29) is 20.1 Å². The van der Waals surface area contributed by atoms with Crippen molar-refractivity contribution in [1.82, 2.24) is 14.8 Å². The summed E-state index contributed by atoms with van der Waals surface area (Å²) in [5.41, 5.74) is 0. The van der Waals surface area contributed by atoms with Gasteiger partial charge in [0.25, 0.3) is 10.0 Å². The maximum absolute atomic E-state index is 12.1. The minimum atomic E-state index is -3.93. The zero-order valence-electron chi connectivity index (χ0n) is 8.26. The van der Waals surface area contributed by atoms with Gasteiger partial charge in [0.05, 0.1) is 10.0 Å². The number of benzene rings is 1. The van der Waals surface area contributed by atoms with E-state index in [1.165, 1.54) is 12.1 Å². The zero-order chi connectivity index (χ0) is 13.3. The number of anilines is 1. The first-order valence-corrected chi connectivity index (χ1v) is 8.03. The highest BCUT2D eigenvalue weighted by Gasteiger charge is 2.23. The maximum atomic E-state index is 12.1. The van der Waals surface area contributed by atoms with Crippen molar-refractivity contribution in [1.29, 1.82) is 0 Å². The standard InChI is InChI=1S/C7H3BrCl2N4O2S2/c8-3-1-4(9)6(5(10)2-3)18(15,16)12-7-11-13-14-17-7/h1-2H,(H,11,12,14). The molecular formula is C7H3BrCl2N4O2S2. The van der Waals surface area contributed by atoms with Gasteiger partial charge in [-0.2, -0.15) is 0 Å². The topological polar surface area (TPSA) is 84.8 Å². The van der Waals surface area contributed by atoms with Gasteiger partial charge in [-0.05, 0) is 17.3 Å². The summed E-state index contributed by atoms with van der Waals surface area (Å²) in [6.45, 7) is 0. The molecule has 96 valence electrons. The number of nitrogens with one attached hydrogen (secondary N) is 1. The third-order valence-corrected chi connectivity index (χ3v) is 5.11. The lowest BCUT2D eigenvalue weighted by Crippen LogP contribution is -2.14. The first-order valence-electron chi connectivity index (χ1n) is 4.22. The van der Waals surface area contributed by atoms with Gasteiger partial charge >= 0.3 is 0 Å². The molecule has 11 heteroatoms. The van der Waals surface area contributed by atoms with Crippen molar-refractivity contribution in [3.05, 3.63) is 26.7 Å². The Bertz CT molecular complexity index is 654. The largest absolute Gasteiger partial charge is 0.266 e. The Morgan fingerprint density at radius 1 is 1.28 bits per heavy atom.